The highest BCUT2D eigenvalue weighted by Crippen LogP contribution is 2.10. The number of carbonyl (C=O) groups excluding carboxylic acids is 1. The van der Waals surface area contributed by atoms with Crippen molar-refractivity contribution in [3.8, 4) is 0 Å². The zero-order valence-corrected chi connectivity index (χ0v) is 21.4. The van der Waals surface area contributed by atoms with Gasteiger partial charge < -0.3 is 9.64 Å². The van der Waals surface area contributed by atoms with E-state index in [4.69, 9.17) is 4.74 Å². The van der Waals surface area contributed by atoms with E-state index < -0.39 is 0 Å². The summed E-state index contributed by atoms with van der Waals surface area (Å²) in [5, 5.41) is 0. The van der Waals surface area contributed by atoms with Gasteiger partial charge in [0.15, 0.2) is 0 Å². The number of allylic oxidation sites excluding steroid dienone is 2. The van der Waals surface area contributed by atoms with E-state index in [1.807, 2.05) is 33.0 Å². The second-order valence-corrected chi connectivity index (χ2v) is 7.90. The number of hydrogen-bond donors (Lipinski definition) is 0. The van der Waals surface area contributed by atoms with Crippen molar-refractivity contribution in [3.05, 3.63) is 12.2 Å². The Hall–Kier alpha value is -0.350. The van der Waals surface area contributed by atoms with Crippen LogP contribution in [0.5, 0.6) is 0 Å². The van der Waals surface area contributed by atoms with E-state index in [0.717, 1.165) is 19.3 Å². The zero-order valence-electron chi connectivity index (χ0n) is 19.6. The monoisotopic (exact) mass is 463 g/mol. The number of ether oxygens (including phenoxy) is 1. The lowest BCUT2D eigenvalue weighted by molar-refractivity contribution is -0.143. The molecule has 0 amide bonds. The van der Waals surface area contributed by atoms with Gasteiger partial charge in [-0.25, -0.2) is 0 Å². The van der Waals surface area contributed by atoms with E-state index in [1.165, 1.54) is 70.6 Å². The third-order valence-corrected chi connectivity index (χ3v) is 4.11. The molecule has 0 atom stereocenters. The predicted octanol–water partition coefficient (Wildman–Crippen LogP) is 7.73. The van der Waals surface area contributed by atoms with Gasteiger partial charge in [-0.3, -0.25) is 4.79 Å². The molecule has 3 nitrogen and oxygen atoms in total. The van der Waals surface area contributed by atoms with Crippen LogP contribution in [-0.2, 0) is 9.53 Å². The maximum atomic E-state index is 11.3. The molecular weight excluding hydrogens is 414 g/mol. The van der Waals surface area contributed by atoms with E-state index in [-0.39, 0.29) is 23.0 Å². The van der Waals surface area contributed by atoms with Gasteiger partial charge >= 0.3 is 5.97 Å². The third kappa shape index (κ3) is 36.5. The molecule has 0 rings (SSSR count). The summed E-state index contributed by atoms with van der Waals surface area (Å²) < 4.78 is 5.06. The lowest BCUT2D eigenvalue weighted by Gasteiger charge is -2.03. The minimum absolute atomic E-state index is 0. The van der Waals surface area contributed by atoms with E-state index in [9.17, 15) is 4.79 Å². The first-order valence-electron chi connectivity index (χ1n) is 11.5. The van der Waals surface area contributed by atoms with Crippen LogP contribution in [0.3, 0.4) is 0 Å². The molecule has 0 aliphatic carbocycles. The van der Waals surface area contributed by atoms with E-state index >= 15 is 0 Å². The largest absolute Gasteiger partial charge is 0.466 e. The molecule has 0 unspecified atom stereocenters. The molecule has 0 aromatic rings. The van der Waals surface area contributed by atoms with Gasteiger partial charge in [0.2, 0.25) is 0 Å². The first kappa shape index (κ1) is 32.3. The molecule has 0 aromatic carbocycles. The second kappa shape index (κ2) is 28.9. The van der Waals surface area contributed by atoms with Gasteiger partial charge in [-0.2, -0.15) is 0 Å². The Kier molecular flexibility index (Phi) is 33.3. The molecule has 0 spiro atoms. The standard InChI is InChI=1S/C21H40O2.C3H9N.BrH/c1-3-5-6-7-8-9-10-11-12-13-14-15-16-17-18-19-21(22)23-20-4-2;1-4(2)3;/h11-12H,3-10,13-20H2,1-2H3;1-3H3;1H/b12-11-;;. The quantitative estimate of drug-likeness (QED) is 0.125. The number of halogens is 1. The molecule has 0 aromatic heterocycles. The van der Waals surface area contributed by atoms with Crippen molar-refractivity contribution in [3.63, 3.8) is 0 Å². The van der Waals surface area contributed by atoms with Crippen molar-refractivity contribution in [2.75, 3.05) is 27.7 Å². The molecule has 0 saturated heterocycles. The van der Waals surface area contributed by atoms with Gasteiger partial charge in [0.25, 0.3) is 0 Å². The van der Waals surface area contributed by atoms with E-state index in [2.05, 4.69) is 19.1 Å². The van der Waals surface area contributed by atoms with Crippen molar-refractivity contribution in [1.82, 2.24) is 4.90 Å². The Morgan fingerprint density at radius 3 is 1.61 bits per heavy atom. The zero-order chi connectivity index (χ0) is 20.6. The Balaban J connectivity index is -0.00000113. The van der Waals surface area contributed by atoms with Gasteiger partial charge in [0.05, 0.1) is 6.61 Å². The van der Waals surface area contributed by atoms with Crippen LogP contribution in [0.4, 0.5) is 0 Å². The van der Waals surface area contributed by atoms with Gasteiger partial charge in [-0.15, -0.1) is 17.0 Å². The summed E-state index contributed by atoms with van der Waals surface area (Å²) in [5.74, 6) is -0.0236. The number of rotatable bonds is 17. The number of carbonyl (C=O) groups is 1. The molecule has 28 heavy (non-hydrogen) atoms. The van der Waals surface area contributed by atoms with Gasteiger partial charge in [-0.1, -0.05) is 77.4 Å². The van der Waals surface area contributed by atoms with Crippen LogP contribution in [0.25, 0.3) is 0 Å². The number of unbranched alkanes of at least 4 members (excludes halogenated alkanes) is 11. The maximum Gasteiger partial charge on any atom is 0.305 e. The van der Waals surface area contributed by atoms with Crippen LogP contribution in [-0.4, -0.2) is 38.6 Å². The molecule has 0 aliphatic rings. The van der Waals surface area contributed by atoms with Crippen molar-refractivity contribution in [2.24, 2.45) is 0 Å². The van der Waals surface area contributed by atoms with E-state index in [1.54, 1.807) is 0 Å². The highest BCUT2D eigenvalue weighted by atomic mass is 79.9. The predicted molar refractivity (Wildman–Crippen MR) is 131 cm³/mol. The minimum atomic E-state index is -0.0236. The molecule has 170 valence electrons. The lowest BCUT2D eigenvalue weighted by Crippen LogP contribution is -2.04. The van der Waals surface area contributed by atoms with Crippen LogP contribution in [0.1, 0.15) is 110 Å². The SMILES string of the molecule is Br.CCCCCCCC/C=C\CCCCCCCC(=O)OCCC.CN(C)C. The fraction of sp³-hybridized carbons (Fsp3) is 0.875. The first-order valence-corrected chi connectivity index (χ1v) is 11.5. The molecule has 0 N–H and O–H groups in total. The average molecular weight is 465 g/mol. The Labute approximate surface area is 187 Å². The second-order valence-electron chi connectivity index (χ2n) is 7.90. The molecule has 4 heteroatoms. The van der Waals surface area contributed by atoms with Gasteiger partial charge in [0.1, 0.15) is 0 Å². The molecular formula is C24H50BrNO2. The van der Waals surface area contributed by atoms with Crippen molar-refractivity contribution < 1.29 is 9.53 Å². The molecule has 0 aliphatic heterocycles. The van der Waals surface area contributed by atoms with Crippen LogP contribution < -0.4 is 0 Å². The van der Waals surface area contributed by atoms with Crippen LogP contribution in [0, 0.1) is 0 Å². The summed E-state index contributed by atoms with van der Waals surface area (Å²) in [6, 6.07) is 0. The minimum Gasteiger partial charge on any atom is -0.466 e. The Morgan fingerprint density at radius 1 is 0.714 bits per heavy atom. The van der Waals surface area contributed by atoms with Crippen LogP contribution in [0.15, 0.2) is 12.2 Å². The normalized spacial score (nSPS) is 10.5. The summed E-state index contributed by atoms with van der Waals surface area (Å²) in [4.78, 5) is 13.3. The molecule has 0 radical (unpaired) electrons. The fourth-order valence-electron chi connectivity index (χ4n) is 2.63. The average Bonchev–Trinajstić information content (AvgIpc) is 2.62. The maximum absolute atomic E-state index is 11.3. The molecule has 0 heterocycles. The highest BCUT2D eigenvalue weighted by molar-refractivity contribution is 8.93. The first-order chi connectivity index (χ1) is 13.0. The van der Waals surface area contributed by atoms with Crippen molar-refractivity contribution in [1.29, 1.82) is 0 Å². The number of nitrogens with zero attached hydrogens (tertiary/aromatic N) is 1. The summed E-state index contributed by atoms with van der Waals surface area (Å²) in [6.45, 7) is 4.86. The van der Waals surface area contributed by atoms with Crippen molar-refractivity contribution >= 4 is 23.0 Å². The smallest absolute Gasteiger partial charge is 0.305 e. The third-order valence-electron chi connectivity index (χ3n) is 4.11. The fourth-order valence-corrected chi connectivity index (χ4v) is 2.63. The molecule has 0 fully saturated rings. The number of esters is 1. The summed E-state index contributed by atoms with van der Waals surface area (Å²) in [6.07, 6.45) is 23.0. The summed E-state index contributed by atoms with van der Waals surface area (Å²) in [5.41, 5.74) is 0. The van der Waals surface area contributed by atoms with Crippen molar-refractivity contribution in [2.45, 2.75) is 110 Å². The Morgan fingerprint density at radius 2 is 1.14 bits per heavy atom. The van der Waals surface area contributed by atoms with Crippen LogP contribution in [0.2, 0.25) is 0 Å². The summed E-state index contributed by atoms with van der Waals surface area (Å²) in [7, 11) is 6.00. The van der Waals surface area contributed by atoms with E-state index in [0.29, 0.717) is 13.0 Å². The number of hydrogen-bond acceptors (Lipinski definition) is 3. The molecule has 0 saturated carbocycles. The van der Waals surface area contributed by atoms with Gasteiger partial charge in [-0.05, 0) is 59.7 Å². The lowest BCUT2D eigenvalue weighted by atomic mass is 10.1. The highest BCUT2D eigenvalue weighted by Gasteiger charge is 2.01. The Bertz CT molecular complexity index is 317. The topological polar surface area (TPSA) is 29.5 Å². The summed E-state index contributed by atoms with van der Waals surface area (Å²) >= 11 is 0. The van der Waals surface area contributed by atoms with Crippen LogP contribution >= 0.6 is 17.0 Å². The molecule has 0 bridgehead atoms. The van der Waals surface area contributed by atoms with Gasteiger partial charge in [0, 0.05) is 6.42 Å².